The molecule has 1 unspecified atom stereocenters. The lowest BCUT2D eigenvalue weighted by Crippen LogP contribution is -2.28. The summed E-state index contributed by atoms with van der Waals surface area (Å²) >= 11 is 5.51. The van der Waals surface area contributed by atoms with Gasteiger partial charge in [0.15, 0.2) is 0 Å². The van der Waals surface area contributed by atoms with Gasteiger partial charge in [-0.3, -0.25) is 0 Å². The lowest BCUT2D eigenvalue weighted by atomic mass is 9.94. The van der Waals surface area contributed by atoms with Crippen LogP contribution in [0.2, 0.25) is 0 Å². The molecule has 0 radical (unpaired) electrons. The normalized spacial score (nSPS) is 23.7. The van der Waals surface area contributed by atoms with Gasteiger partial charge in [0, 0.05) is 17.5 Å². The van der Waals surface area contributed by atoms with Crippen molar-refractivity contribution < 1.29 is 4.74 Å². The van der Waals surface area contributed by atoms with Gasteiger partial charge in [0.05, 0.1) is 16.5 Å². The summed E-state index contributed by atoms with van der Waals surface area (Å²) in [6, 6.07) is 2.84. The highest BCUT2D eigenvalue weighted by Crippen LogP contribution is 2.37. The molecule has 0 amide bonds. The summed E-state index contributed by atoms with van der Waals surface area (Å²) in [6.07, 6.45) is 9.61. The summed E-state index contributed by atoms with van der Waals surface area (Å²) in [6.45, 7) is 1.84. The van der Waals surface area contributed by atoms with E-state index in [1.54, 1.807) is 4.88 Å². The van der Waals surface area contributed by atoms with Crippen LogP contribution < -0.4 is 5.32 Å². The second kappa shape index (κ2) is 6.70. The number of hydrogen-bond donors (Lipinski definition) is 1. The van der Waals surface area contributed by atoms with Crippen molar-refractivity contribution in [3.8, 4) is 0 Å². The summed E-state index contributed by atoms with van der Waals surface area (Å²) in [7, 11) is 0. The molecule has 1 N–H and O–H groups in total. The van der Waals surface area contributed by atoms with E-state index in [-0.39, 0.29) is 0 Å². The van der Waals surface area contributed by atoms with Crippen molar-refractivity contribution in [2.45, 2.75) is 57.1 Å². The molecule has 1 saturated carbocycles. The van der Waals surface area contributed by atoms with Crippen LogP contribution in [-0.2, 0) is 11.2 Å². The van der Waals surface area contributed by atoms with Crippen molar-refractivity contribution in [1.29, 1.82) is 0 Å². The zero-order valence-electron chi connectivity index (χ0n) is 11.3. The van der Waals surface area contributed by atoms with E-state index in [9.17, 15) is 0 Å². The SMILES string of the molecule is Brc1cc2c(s1)CCCC2NCCOC1CCCC1. The van der Waals surface area contributed by atoms with E-state index in [1.807, 2.05) is 11.3 Å². The summed E-state index contributed by atoms with van der Waals surface area (Å²) in [4.78, 5) is 1.56. The molecule has 1 atom stereocenters. The average molecular weight is 344 g/mol. The number of thiophene rings is 1. The van der Waals surface area contributed by atoms with Gasteiger partial charge < -0.3 is 10.1 Å². The molecule has 0 aromatic carbocycles. The number of ether oxygens (including phenoxy) is 1. The topological polar surface area (TPSA) is 21.3 Å². The Morgan fingerprint density at radius 1 is 1.26 bits per heavy atom. The van der Waals surface area contributed by atoms with Gasteiger partial charge in [0.2, 0.25) is 0 Å². The Balaban J connectivity index is 1.45. The van der Waals surface area contributed by atoms with E-state index < -0.39 is 0 Å². The molecule has 2 aliphatic rings. The molecule has 0 aliphatic heterocycles. The first-order chi connectivity index (χ1) is 9.33. The molecule has 1 aromatic rings. The molecule has 0 spiro atoms. The predicted octanol–water partition coefficient (Wildman–Crippen LogP) is 4.44. The van der Waals surface area contributed by atoms with Crippen LogP contribution >= 0.6 is 27.3 Å². The number of fused-ring (bicyclic) bond motifs is 1. The first-order valence-corrected chi connectivity index (χ1v) is 9.07. The van der Waals surface area contributed by atoms with Crippen LogP contribution in [0.5, 0.6) is 0 Å². The van der Waals surface area contributed by atoms with Crippen molar-refractivity contribution in [1.82, 2.24) is 5.32 Å². The van der Waals surface area contributed by atoms with Crippen molar-refractivity contribution >= 4 is 27.3 Å². The highest BCUT2D eigenvalue weighted by atomic mass is 79.9. The van der Waals surface area contributed by atoms with E-state index in [0.717, 1.165) is 13.2 Å². The monoisotopic (exact) mass is 343 g/mol. The average Bonchev–Trinajstić information content (AvgIpc) is 3.02. The zero-order valence-corrected chi connectivity index (χ0v) is 13.7. The lowest BCUT2D eigenvalue weighted by Gasteiger charge is -2.24. The maximum absolute atomic E-state index is 5.92. The minimum Gasteiger partial charge on any atom is -0.377 e. The van der Waals surface area contributed by atoms with Crippen molar-refractivity contribution in [2.24, 2.45) is 0 Å². The van der Waals surface area contributed by atoms with E-state index in [4.69, 9.17) is 4.74 Å². The molecule has 3 rings (SSSR count). The molecule has 0 saturated heterocycles. The van der Waals surface area contributed by atoms with Crippen LogP contribution in [0.25, 0.3) is 0 Å². The fourth-order valence-corrected chi connectivity index (χ4v) is 5.07. The molecular formula is C15H22BrNOS. The Kier molecular flexibility index (Phi) is 4.96. The molecule has 19 heavy (non-hydrogen) atoms. The fraction of sp³-hybridized carbons (Fsp3) is 0.733. The van der Waals surface area contributed by atoms with E-state index in [0.29, 0.717) is 12.1 Å². The van der Waals surface area contributed by atoms with Gasteiger partial charge in [-0.05, 0) is 59.7 Å². The lowest BCUT2D eigenvalue weighted by molar-refractivity contribution is 0.0588. The van der Waals surface area contributed by atoms with Crippen molar-refractivity contribution in [2.75, 3.05) is 13.2 Å². The number of hydrogen-bond acceptors (Lipinski definition) is 3. The van der Waals surface area contributed by atoms with Gasteiger partial charge in [0.1, 0.15) is 0 Å². The third-order valence-electron chi connectivity index (χ3n) is 4.23. The number of nitrogens with one attached hydrogen (secondary N) is 1. The van der Waals surface area contributed by atoms with Crippen LogP contribution in [0.15, 0.2) is 9.85 Å². The molecule has 1 heterocycles. The van der Waals surface area contributed by atoms with Crippen LogP contribution in [-0.4, -0.2) is 19.3 Å². The third-order valence-corrected chi connectivity index (χ3v) is 5.95. The Morgan fingerprint density at radius 2 is 2.11 bits per heavy atom. The number of rotatable bonds is 5. The van der Waals surface area contributed by atoms with E-state index in [1.165, 1.54) is 54.3 Å². The minimum atomic E-state index is 0.540. The summed E-state index contributed by atoms with van der Waals surface area (Å²) in [5.74, 6) is 0. The van der Waals surface area contributed by atoms with Gasteiger partial charge in [-0.1, -0.05) is 12.8 Å². The second-order valence-electron chi connectivity index (χ2n) is 5.61. The maximum Gasteiger partial charge on any atom is 0.0704 e. The van der Waals surface area contributed by atoms with Crippen LogP contribution in [0.4, 0.5) is 0 Å². The summed E-state index contributed by atoms with van der Waals surface area (Å²) in [5.41, 5.74) is 1.52. The maximum atomic E-state index is 5.92. The van der Waals surface area contributed by atoms with E-state index in [2.05, 4.69) is 27.3 Å². The third kappa shape index (κ3) is 3.60. The largest absolute Gasteiger partial charge is 0.377 e. The first-order valence-electron chi connectivity index (χ1n) is 7.46. The number of aryl methyl sites for hydroxylation is 1. The minimum absolute atomic E-state index is 0.540. The van der Waals surface area contributed by atoms with Crippen molar-refractivity contribution in [3.63, 3.8) is 0 Å². The molecule has 0 bridgehead atoms. The zero-order chi connectivity index (χ0) is 13.1. The van der Waals surface area contributed by atoms with Crippen LogP contribution in [0.3, 0.4) is 0 Å². The van der Waals surface area contributed by atoms with Gasteiger partial charge in [0.25, 0.3) is 0 Å². The van der Waals surface area contributed by atoms with Gasteiger partial charge in [-0.25, -0.2) is 0 Å². The smallest absolute Gasteiger partial charge is 0.0704 e. The standard InChI is InChI=1S/C15H22BrNOS/c16-15-10-12-13(6-3-7-14(12)19-15)17-8-9-18-11-4-1-2-5-11/h10-11,13,17H,1-9H2. The fourth-order valence-electron chi connectivity index (χ4n) is 3.25. The molecule has 2 aliphatic carbocycles. The Hall–Kier alpha value is 0.1000. The molecule has 4 heteroatoms. The van der Waals surface area contributed by atoms with Gasteiger partial charge in [-0.2, -0.15) is 0 Å². The quantitative estimate of drug-likeness (QED) is 0.798. The summed E-state index contributed by atoms with van der Waals surface area (Å²) in [5, 5.41) is 3.68. The van der Waals surface area contributed by atoms with E-state index >= 15 is 0 Å². The second-order valence-corrected chi connectivity index (χ2v) is 8.12. The number of halogens is 1. The molecular weight excluding hydrogens is 322 g/mol. The molecule has 1 fully saturated rings. The highest BCUT2D eigenvalue weighted by molar-refractivity contribution is 9.11. The molecule has 1 aromatic heterocycles. The Morgan fingerprint density at radius 3 is 2.95 bits per heavy atom. The molecule has 106 valence electrons. The van der Waals surface area contributed by atoms with Gasteiger partial charge in [-0.15, -0.1) is 11.3 Å². The van der Waals surface area contributed by atoms with Gasteiger partial charge >= 0.3 is 0 Å². The first kappa shape index (κ1) is 14.1. The van der Waals surface area contributed by atoms with Crippen LogP contribution in [0, 0.1) is 0 Å². The van der Waals surface area contributed by atoms with Crippen LogP contribution in [0.1, 0.15) is 55.0 Å². The summed E-state index contributed by atoms with van der Waals surface area (Å²) < 4.78 is 7.19. The Labute approximate surface area is 128 Å². The highest BCUT2D eigenvalue weighted by Gasteiger charge is 2.22. The van der Waals surface area contributed by atoms with Crippen molar-refractivity contribution in [3.05, 3.63) is 20.3 Å². The molecule has 2 nitrogen and oxygen atoms in total. The predicted molar refractivity (Wildman–Crippen MR) is 83.9 cm³/mol. The Bertz CT molecular complexity index is 414.